The van der Waals surface area contributed by atoms with Gasteiger partial charge in [-0.05, 0) is 61.7 Å². The lowest BCUT2D eigenvalue weighted by Gasteiger charge is -2.59. The summed E-state index contributed by atoms with van der Waals surface area (Å²) >= 11 is 1.73. The highest BCUT2D eigenvalue weighted by Crippen LogP contribution is 2.61. The molecule has 1 atom stereocenters. The van der Waals surface area contributed by atoms with Crippen LogP contribution in [0.2, 0.25) is 0 Å². The van der Waals surface area contributed by atoms with Crippen molar-refractivity contribution in [3.8, 4) is 0 Å². The molecule has 0 saturated heterocycles. The zero-order chi connectivity index (χ0) is 12.9. The van der Waals surface area contributed by atoms with Crippen LogP contribution in [-0.2, 0) is 0 Å². The van der Waals surface area contributed by atoms with Gasteiger partial charge in [-0.25, -0.2) is 4.98 Å². The maximum absolute atomic E-state index is 6.61. The highest BCUT2D eigenvalue weighted by atomic mass is 32.2. The van der Waals surface area contributed by atoms with Crippen molar-refractivity contribution >= 4 is 11.8 Å². The summed E-state index contributed by atoms with van der Waals surface area (Å²) in [7, 11) is 0. The van der Waals surface area contributed by atoms with Gasteiger partial charge in [0.25, 0.3) is 0 Å². The molecule has 4 bridgehead atoms. The smallest absolute Gasteiger partial charge is 0.183 e. The first-order chi connectivity index (χ1) is 9.23. The second kappa shape index (κ2) is 4.48. The van der Waals surface area contributed by atoms with Crippen molar-refractivity contribution < 1.29 is 0 Å². The van der Waals surface area contributed by atoms with Crippen LogP contribution in [0.4, 0.5) is 0 Å². The monoisotopic (exact) mass is 278 g/mol. The molecule has 0 aromatic carbocycles. The van der Waals surface area contributed by atoms with Gasteiger partial charge in [-0.3, -0.25) is 5.10 Å². The highest BCUT2D eigenvalue weighted by molar-refractivity contribution is 7.99. The first-order valence-corrected chi connectivity index (χ1v) is 8.46. The molecule has 0 spiro atoms. The van der Waals surface area contributed by atoms with Crippen LogP contribution in [0.5, 0.6) is 0 Å². The maximum Gasteiger partial charge on any atom is 0.183 e. The van der Waals surface area contributed by atoms with Crippen molar-refractivity contribution in [2.75, 3.05) is 5.75 Å². The fourth-order valence-electron chi connectivity index (χ4n) is 5.24. The second-order valence-electron chi connectivity index (χ2n) is 6.99. The molecule has 1 aromatic heterocycles. The molecule has 0 amide bonds. The predicted octanol–water partition coefficient (Wildman–Crippen LogP) is 2.44. The van der Waals surface area contributed by atoms with E-state index in [1.165, 1.54) is 38.5 Å². The molecule has 4 nitrogen and oxygen atoms in total. The number of hydrogen-bond donors (Lipinski definition) is 2. The van der Waals surface area contributed by atoms with E-state index in [2.05, 4.69) is 15.2 Å². The van der Waals surface area contributed by atoms with Gasteiger partial charge >= 0.3 is 0 Å². The van der Waals surface area contributed by atoms with Crippen LogP contribution in [0.15, 0.2) is 11.5 Å². The number of nitrogens with one attached hydrogen (secondary N) is 1. The Morgan fingerprint density at radius 1 is 1.26 bits per heavy atom. The first-order valence-electron chi connectivity index (χ1n) is 7.47. The quantitative estimate of drug-likeness (QED) is 0.830. The summed E-state index contributed by atoms with van der Waals surface area (Å²) in [4.78, 5) is 4.18. The Balaban J connectivity index is 1.45. The number of aromatic nitrogens is 3. The molecule has 104 valence electrons. The number of aromatic amines is 1. The van der Waals surface area contributed by atoms with Gasteiger partial charge in [-0.2, -0.15) is 5.10 Å². The molecule has 19 heavy (non-hydrogen) atoms. The van der Waals surface area contributed by atoms with Gasteiger partial charge in [0, 0.05) is 11.8 Å². The minimum absolute atomic E-state index is 0.316. The summed E-state index contributed by atoms with van der Waals surface area (Å²) in [6, 6.07) is 0.316. The Morgan fingerprint density at radius 2 is 1.89 bits per heavy atom. The number of thioether (sulfide) groups is 1. The lowest BCUT2D eigenvalue weighted by molar-refractivity contribution is -0.0629. The van der Waals surface area contributed by atoms with Crippen molar-refractivity contribution in [1.29, 1.82) is 0 Å². The maximum atomic E-state index is 6.61. The highest BCUT2D eigenvalue weighted by Gasteiger charge is 2.53. The molecule has 4 fully saturated rings. The standard InChI is InChI=1S/C14H22N4S/c15-12(7-19-13-16-8-17-18-13)14-4-9-1-10(5-14)3-11(2-9)6-14/h8-12H,1-7,15H2,(H,16,17,18). The van der Waals surface area contributed by atoms with Crippen molar-refractivity contribution in [1.82, 2.24) is 15.2 Å². The number of nitrogens with two attached hydrogens (primary N) is 1. The van der Waals surface area contributed by atoms with Crippen LogP contribution in [-0.4, -0.2) is 27.0 Å². The normalized spacial score (nSPS) is 41.6. The number of hydrogen-bond acceptors (Lipinski definition) is 4. The third kappa shape index (κ3) is 2.11. The summed E-state index contributed by atoms with van der Waals surface area (Å²) in [5.41, 5.74) is 7.05. The van der Waals surface area contributed by atoms with E-state index in [0.717, 1.165) is 28.7 Å². The number of rotatable bonds is 4. The third-order valence-electron chi connectivity index (χ3n) is 5.66. The molecule has 4 saturated carbocycles. The molecular weight excluding hydrogens is 256 g/mol. The zero-order valence-electron chi connectivity index (χ0n) is 11.2. The predicted molar refractivity (Wildman–Crippen MR) is 75.7 cm³/mol. The van der Waals surface area contributed by atoms with Crippen molar-refractivity contribution in [2.24, 2.45) is 28.9 Å². The zero-order valence-corrected chi connectivity index (χ0v) is 12.0. The molecule has 4 aliphatic rings. The van der Waals surface area contributed by atoms with Gasteiger partial charge in [0.1, 0.15) is 6.33 Å². The van der Waals surface area contributed by atoms with Gasteiger partial charge < -0.3 is 5.73 Å². The van der Waals surface area contributed by atoms with E-state index in [1.807, 2.05) is 0 Å². The van der Waals surface area contributed by atoms with Crippen LogP contribution < -0.4 is 5.73 Å². The van der Waals surface area contributed by atoms with E-state index in [-0.39, 0.29) is 0 Å². The Labute approximate surface area is 118 Å². The lowest BCUT2D eigenvalue weighted by Crippen LogP contribution is -2.55. The molecule has 0 aliphatic heterocycles. The van der Waals surface area contributed by atoms with Crippen LogP contribution in [0, 0.1) is 23.2 Å². The molecule has 1 aromatic rings. The minimum Gasteiger partial charge on any atom is -0.326 e. The summed E-state index contributed by atoms with van der Waals surface area (Å²) in [6.07, 6.45) is 10.2. The Hall–Kier alpha value is -0.550. The van der Waals surface area contributed by atoms with Crippen LogP contribution in [0.1, 0.15) is 38.5 Å². The SMILES string of the molecule is NC(CSc1ncn[nH]1)C12CC3CC(CC(C3)C1)C2. The minimum atomic E-state index is 0.316. The average Bonchev–Trinajstić information content (AvgIpc) is 2.87. The molecule has 5 rings (SSSR count). The van der Waals surface area contributed by atoms with E-state index in [1.54, 1.807) is 18.1 Å². The molecule has 0 radical (unpaired) electrons. The summed E-state index contributed by atoms with van der Waals surface area (Å²) in [5.74, 6) is 3.91. The van der Waals surface area contributed by atoms with Crippen LogP contribution >= 0.6 is 11.8 Å². The Morgan fingerprint density at radius 3 is 2.42 bits per heavy atom. The van der Waals surface area contributed by atoms with Crippen LogP contribution in [0.3, 0.4) is 0 Å². The van der Waals surface area contributed by atoms with E-state index < -0.39 is 0 Å². The molecule has 1 unspecified atom stereocenters. The van der Waals surface area contributed by atoms with Gasteiger partial charge in [-0.15, -0.1) is 0 Å². The van der Waals surface area contributed by atoms with E-state index in [4.69, 9.17) is 5.73 Å². The first kappa shape index (κ1) is 12.2. The van der Waals surface area contributed by atoms with Crippen molar-refractivity contribution in [3.05, 3.63) is 6.33 Å². The largest absolute Gasteiger partial charge is 0.326 e. The molecule has 5 heteroatoms. The van der Waals surface area contributed by atoms with Gasteiger partial charge in [-0.1, -0.05) is 11.8 Å². The lowest BCUT2D eigenvalue weighted by atomic mass is 9.48. The Bertz CT molecular complexity index is 409. The van der Waals surface area contributed by atoms with Gasteiger partial charge in [0.2, 0.25) is 0 Å². The fraction of sp³-hybridized carbons (Fsp3) is 0.857. The average molecular weight is 278 g/mol. The second-order valence-corrected chi connectivity index (χ2v) is 8.00. The van der Waals surface area contributed by atoms with E-state index in [9.17, 15) is 0 Å². The topological polar surface area (TPSA) is 67.6 Å². The number of H-pyrrole nitrogens is 1. The molecule has 4 aliphatic carbocycles. The number of nitrogens with zero attached hydrogens (tertiary/aromatic N) is 2. The van der Waals surface area contributed by atoms with Gasteiger partial charge in [0.05, 0.1) is 0 Å². The molecule has 3 N–H and O–H groups in total. The summed E-state index contributed by atoms with van der Waals surface area (Å²) in [6.45, 7) is 0. The van der Waals surface area contributed by atoms with E-state index >= 15 is 0 Å². The van der Waals surface area contributed by atoms with Crippen molar-refractivity contribution in [3.63, 3.8) is 0 Å². The van der Waals surface area contributed by atoms with Crippen LogP contribution in [0.25, 0.3) is 0 Å². The Kier molecular flexibility index (Phi) is 2.88. The molecular formula is C14H22N4S. The summed E-state index contributed by atoms with van der Waals surface area (Å²) in [5, 5.41) is 7.71. The van der Waals surface area contributed by atoms with E-state index in [0.29, 0.717) is 11.5 Å². The summed E-state index contributed by atoms with van der Waals surface area (Å²) < 4.78 is 0. The fourth-order valence-corrected chi connectivity index (χ4v) is 6.17. The molecule has 1 heterocycles. The van der Waals surface area contributed by atoms with Gasteiger partial charge in [0.15, 0.2) is 5.16 Å². The third-order valence-corrected chi connectivity index (χ3v) is 6.66. The van der Waals surface area contributed by atoms with Crippen molar-refractivity contribution in [2.45, 2.75) is 49.7 Å².